The smallest absolute Gasteiger partial charge is 0.334 e. The summed E-state index contributed by atoms with van der Waals surface area (Å²) in [5, 5.41) is 6.10. The topological polar surface area (TPSA) is 67.4 Å². The van der Waals surface area contributed by atoms with Crippen molar-refractivity contribution in [1.29, 1.82) is 0 Å². The van der Waals surface area contributed by atoms with Gasteiger partial charge in [0.2, 0.25) is 5.91 Å². The van der Waals surface area contributed by atoms with Crippen molar-refractivity contribution in [3.63, 3.8) is 0 Å². The van der Waals surface area contributed by atoms with Gasteiger partial charge in [-0.1, -0.05) is 31.4 Å². The number of hydrogen-bond acceptors (Lipinski definition) is 4. The number of rotatable bonds is 3. The molecule has 2 N–H and O–H groups in total. The molecule has 1 amide bonds. The first kappa shape index (κ1) is 13.9. The van der Waals surface area contributed by atoms with Gasteiger partial charge in [-0.2, -0.15) is 0 Å². The van der Waals surface area contributed by atoms with Gasteiger partial charge < -0.3 is 15.4 Å². The van der Waals surface area contributed by atoms with E-state index in [4.69, 9.17) is 4.74 Å². The molecule has 1 saturated carbocycles. The molecule has 1 fully saturated rings. The molecule has 21 heavy (non-hydrogen) atoms. The highest BCUT2D eigenvalue weighted by atomic mass is 16.5. The van der Waals surface area contributed by atoms with Crippen molar-refractivity contribution in [3.05, 3.63) is 24.3 Å². The van der Waals surface area contributed by atoms with Crippen LogP contribution in [0, 0.1) is 0 Å². The highest BCUT2D eigenvalue weighted by molar-refractivity contribution is 5.91. The number of para-hydroxylation sites is 2. The number of ether oxygens (including phenoxy) is 1. The molecule has 0 radical (unpaired) electrons. The Morgan fingerprint density at radius 2 is 2.00 bits per heavy atom. The second-order valence-corrected chi connectivity index (χ2v) is 5.72. The molecular weight excluding hydrogens is 268 g/mol. The van der Waals surface area contributed by atoms with Crippen LogP contribution in [0.5, 0.6) is 5.75 Å². The summed E-state index contributed by atoms with van der Waals surface area (Å²) in [6.07, 6.45) is 5.78. The van der Waals surface area contributed by atoms with E-state index < -0.39 is 12.0 Å². The zero-order chi connectivity index (χ0) is 14.7. The molecule has 3 rings (SSSR count). The Morgan fingerprint density at radius 3 is 2.81 bits per heavy atom. The molecule has 0 bridgehead atoms. The van der Waals surface area contributed by atoms with Crippen LogP contribution >= 0.6 is 0 Å². The fraction of sp³-hybridized carbons (Fsp3) is 0.500. The van der Waals surface area contributed by atoms with Gasteiger partial charge in [0.15, 0.2) is 5.75 Å². The molecule has 5 nitrogen and oxygen atoms in total. The number of esters is 1. The van der Waals surface area contributed by atoms with E-state index in [1.807, 2.05) is 18.2 Å². The Labute approximate surface area is 124 Å². The predicted molar refractivity (Wildman–Crippen MR) is 79.1 cm³/mol. The van der Waals surface area contributed by atoms with Gasteiger partial charge in [-0.15, -0.1) is 0 Å². The summed E-state index contributed by atoms with van der Waals surface area (Å²) in [6, 6.07) is 6.90. The zero-order valence-electron chi connectivity index (χ0n) is 11.9. The number of benzene rings is 1. The van der Waals surface area contributed by atoms with Gasteiger partial charge in [0.25, 0.3) is 0 Å². The monoisotopic (exact) mass is 288 g/mol. The normalized spacial score (nSPS) is 21.9. The Hall–Kier alpha value is -2.04. The largest absolute Gasteiger partial charge is 0.423 e. The number of hydrogen-bond donors (Lipinski definition) is 2. The van der Waals surface area contributed by atoms with Crippen molar-refractivity contribution in [3.8, 4) is 5.75 Å². The summed E-state index contributed by atoms with van der Waals surface area (Å²) >= 11 is 0. The first-order chi connectivity index (χ1) is 10.2. The molecule has 112 valence electrons. The molecule has 2 aliphatic rings. The van der Waals surface area contributed by atoms with E-state index in [-0.39, 0.29) is 18.4 Å². The average molecular weight is 288 g/mol. The van der Waals surface area contributed by atoms with Crippen LogP contribution in [0.2, 0.25) is 0 Å². The zero-order valence-corrected chi connectivity index (χ0v) is 11.9. The molecule has 1 aliphatic carbocycles. The minimum Gasteiger partial charge on any atom is -0.423 e. The highest BCUT2D eigenvalue weighted by Crippen LogP contribution is 2.29. The second-order valence-electron chi connectivity index (χ2n) is 5.72. The summed E-state index contributed by atoms with van der Waals surface area (Å²) in [7, 11) is 0. The van der Waals surface area contributed by atoms with E-state index in [9.17, 15) is 9.59 Å². The molecule has 1 aromatic carbocycles. The number of amides is 1. The van der Waals surface area contributed by atoms with Crippen LogP contribution < -0.4 is 15.4 Å². The average Bonchev–Trinajstić information content (AvgIpc) is 2.49. The fourth-order valence-electron chi connectivity index (χ4n) is 2.95. The van der Waals surface area contributed by atoms with E-state index in [1.54, 1.807) is 6.07 Å². The second kappa shape index (κ2) is 6.16. The first-order valence-corrected chi connectivity index (χ1v) is 7.59. The first-order valence-electron chi connectivity index (χ1n) is 7.59. The maximum Gasteiger partial charge on any atom is 0.334 e. The highest BCUT2D eigenvalue weighted by Gasteiger charge is 2.30. The van der Waals surface area contributed by atoms with Crippen LogP contribution in [-0.2, 0) is 9.59 Å². The minimum atomic E-state index is -0.608. The van der Waals surface area contributed by atoms with Gasteiger partial charge in [0.05, 0.1) is 12.1 Å². The number of fused-ring (bicyclic) bond motifs is 1. The van der Waals surface area contributed by atoms with Crippen molar-refractivity contribution in [2.45, 2.75) is 50.6 Å². The summed E-state index contributed by atoms with van der Waals surface area (Å²) in [5.41, 5.74) is 0.757. The lowest BCUT2D eigenvalue weighted by atomic mass is 9.95. The number of anilines is 1. The molecule has 1 heterocycles. The van der Waals surface area contributed by atoms with Crippen molar-refractivity contribution >= 4 is 17.6 Å². The van der Waals surface area contributed by atoms with Crippen LogP contribution in [0.4, 0.5) is 5.69 Å². The van der Waals surface area contributed by atoms with Gasteiger partial charge in [0, 0.05) is 6.04 Å². The number of nitrogens with one attached hydrogen (secondary N) is 2. The molecule has 1 unspecified atom stereocenters. The van der Waals surface area contributed by atoms with E-state index in [0.29, 0.717) is 5.75 Å². The van der Waals surface area contributed by atoms with E-state index in [1.165, 1.54) is 19.3 Å². The molecule has 1 atom stereocenters. The third-order valence-electron chi connectivity index (χ3n) is 4.07. The quantitative estimate of drug-likeness (QED) is 0.661. The summed E-state index contributed by atoms with van der Waals surface area (Å²) in [5.74, 6) is 0.0367. The van der Waals surface area contributed by atoms with Crippen LogP contribution in [0.3, 0.4) is 0 Å². The maximum atomic E-state index is 12.1. The number of carbonyl (C=O) groups excluding carboxylic acids is 2. The van der Waals surface area contributed by atoms with Crippen LogP contribution in [0.15, 0.2) is 24.3 Å². The summed E-state index contributed by atoms with van der Waals surface area (Å²) < 4.78 is 5.25. The molecule has 0 spiro atoms. The molecule has 1 aromatic rings. The Balaban J connectivity index is 1.57. The van der Waals surface area contributed by atoms with E-state index in [2.05, 4.69) is 10.6 Å². The molecule has 0 saturated heterocycles. The van der Waals surface area contributed by atoms with E-state index >= 15 is 0 Å². The summed E-state index contributed by atoms with van der Waals surface area (Å²) in [4.78, 5) is 24.0. The van der Waals surface area contributed by atoms with Gasteiger partial charge in [-0.25, -0.2) is 4.79 Å². The SMILES string of the molecule is O=C(CC1Nc2ccccc2OC1=O)NC1CCCCC1. The Bertz CT molecular complexity index is 538. The molecular formula is C16H20N2O3. The van der Waals surface area contributed by atoms with Gasteiger partial charge >= 0.3 is 5.97 Å². The standard InChI is InChI=1S/C16H20N2O3/c19-15(17-11-6-2-1-3-7-11)10-13-16(20)21-14-9-5-4-8-12(14)18-13/h4-5,8-9,11,13,18H,1-3,6-7,10H2,(H,17,19). The lowest BCUT2D eigenvalue weighted by Crippen LogP contribution is -2.44. The summed E-state index contributed by atoms with van der Waals surface area (Å²) in [6.45, 7) is 0. The molecule has 1 aliphatic heterocycles. The van der Waals surface area contributed by atoms with Crippen molar-refractivity contribution in [1.82, 2.24) is 5.32 Å². The van der Waals surface area contributed by atoms with Crippen LogP contribution in [0.1, 0.15) is 38.5 Å². The van der Waals surface area contributed by atoms with Crippen LogP contribution in [-0.4, -0.2) is 24.0 Å². The third-order valence-corrected chi connectivity index (χ3v) is 4.07. The Morgan fingerprint density at radius 1 is 1.24 bits per heavy atom. The van der Waals surface area contributed by atoms with Gasteiger partial charge in [-0.05, 0) is 25.0 Å². The lowest BCUT2D eigenvalue weighted by molar-refractivity contribution is -0.138. The predicted octanol–water partition coefficient (Wildman–Crippen LogP) is 2.23. The Kier molecular flexibility index (Phi) is 4.08. The lowest BCUT2D eigenvalue weighted by Gasteiger charge is -2.27. The van der Waals surface area contributed by atoms with Crippen molar-refractivity contribution in [2.24, 2.45) is 0 Å². The molecule has 0 aromatic heterocycles. The van der Waals surface area contributed by atoms with Gasteiger partial charge in [0.1, 0.15) is 6.04 Å². The van der Waals surface area contributed by atoms with Crippen LogP contribution in [0.25, 0.3) is 0 Å². The number of carbonyl (C=O) groups is 2. The van der Waals surface area contributed by atoms with Crippen molar-refractivity contribution < 1.29 is 14.3 Å². The van der Waals surface area contributed by atoms with Gasteiger partial charge in [-0.3, -0.25) is 4.79 Å². The minimum absolute atomic E-state index is 0.0873. The molecule has 5 heteroatoms. The third kappa shape index (κ3) is 3.35. The fourth-order valence-corrected chi connectivity index (χ4v) is 2.95. The maximum absolute atomic E-state index is 12.1. The van der Waals surface area contributed by atoms with Crippen molar-refractivity contribution in [2.75, 3.05) is 5.32 Å². The van der Waals surface area contributed by atoms with E-state index in [0.717, 1.165) is 18.5 Å².